The topological polar surface area (TPSA) is 29.5 Å². The Labute approximate surface area is 118 Å². The molecule has 0 aromatic rings. The molecule has 0 aliphatic carbocycles. The molecule has 0 aromatic carbocycles. The second-order valence-electron chi connectivity index (χ2n) is 5.65. The van der Waals surface area contributed by atoms with Crippen LogP contribution >= 0.6 is 0 Å². The minimum absolute atomic E-state index is 0.0575. The Morgan fingerprint density at radius 1 is 1.05 bits per heavy atom. The van der Waals surface area contributed by atoms with E-state index in [4.69, 9.17) is 4.74 Å². The van der Waals surface area contributed by atoms with Gasteiger partial charge in [-0.3, -0.25) is 4.79 Å². The zero-order valence-corrected chi connectivity index (χ0v) is 12.8. The Balaban J connectivity index is 1.92. The molecule has 0 saturated carbocycles. The molecule has 1 rings (SSSR count). The largest absolute Gasteiger partial charge is 0.356 e. The Morgan fingerprint density at radius 2 is 1.63 bits per heavy atom. The molecule has 1 amide bonds. The van der Waals surface area contributed by atoms with E-state index < -0.39 is 0 Å². The van der Waals surface area contributed by atoms with E-state index in [0.29, 0.717) is 6.61 Å². The van der Waals surface area contributed by atoms with Gasteiger partial charge in [0.05, 0.1) is 6.61 Å². The second-order valence-corrected chi connectivity index (χ2v) is 5.65. The molecule has 19 heavy (non-hydrogen) atoms. The highest BCUT2D eigenvalue weighted by Gasteiger charge is 2.26. The zero-order valence-electron chi connectivity index (χ0n) is 12.8. The van der Waals surface area contributed by atoms with Crippen LogP contribution in [0.15, 0.2) is 0 Å². The van der Waals surface area contributed by atoms with Crippen molar-refractivity contribution in [3.8, 4) is 0 Å². The van der Waals surface area contributed by atoms with E-state index in [9.17, 15) is 4.79 Å². The monoisotopic (exact) mass is 269 g/mol. The number of hydrogen-bond acceptors (Lipinski definition) is 2. The summed E-state index contributed by atoms with van der Waals surface area (Å²) in [6.07, 6.45) is 13.1. The summed E-state index contributed by atoms with van der Waals surface area (Å²) in [6, 6.07) is 0. The fourth-order valence-electron chi connectivity index (χ4n) is 2.75. The average molecular weight is 269 g/mol. The third kappa shape index (κ3) is 6.95. The van der Waals surface area contributed by atoms with Crippen LogP contribution in [0.3, 0.4) is 0 Å². The number of ether oxygens (including phenoxy) is 1. The number of carbonyl (C=O) groups is 1. The van der Waals surface area contributed by atoms with Crippen molar-refractivity contribution < 1.29 is 9.53 Å². The summed E-state index contributed by atoms with van der Waals surface area (Å²) in [7, 11) is 0. The third-order valence-electron chi connectivity index (χ3n) is 3.95. The first kappa shape index (κ1) is 16.5. The SMILES string of the molecule is CCCCCCCCCCCC1OCCN1C(C)=O. The predicted molar refractivity (Wildman–Crippen MR) is 79.0 cm³/mol. The van der Waals surface area contributed by atoms with Crippen molar-refractivity contribution in [2.75, 3.05) is 13.2 Å². The Morgan fingerprint density at radius 3 is 2.21 bits per heavy atom. The lowest BCUT2D eigenvalue weighted by atomic mass is 10.1. The summed E-state index contributed by atoms with van der Waals surface area (Å²) in [4.78, 5) is 13.2. The van der Waals surface area contributed by atoms with Crippen LogP contribution in [0.1, 0.15) is 78.1 Å². The van der Waals surface area contributed by atoms with E-state index in [1.165, 1.54) is 57.8 Å². The number of carbonyl (C=O) groups excluding carboxylic acids is 1. The molecule has 0 spiro atoms. The van der Waals surface area contributed by atoms with Crippen LogP contribution in [0, 0.1) is 0 Å². The van der Waals surface area contributed by atoms with Gasteiger partial charge in [0.1, 0.15) is 6.23 Å². The van der Waals surface area contributed by atoms with Gasteiger partial charge in [0.25, 0.3) is 0 Å². The number of amides is 1. The molecule has 1 heterocycles. The number of nitrogens with zero attached hydrogens (tertiary/aromatic N) is 1. The molecule has 1 atom stereocenters. The van der Waals surface area contributed by atoms with Gasteiger partial charge in [-0.15, -0.1) is 0 Å². The minimum atomic E-state index is 0.0575. The van der Waals surface area contributed by atoms with Crippen LogP contribution in [0.4, 0.5) is 0 Å². The Kier molecular flexibility index (Phi) is 8.89. The van der Waals surface area contributed by atoms with Gasteiger partial charge in [-0.1, -0.05) is 58.3 Å². The molecule has 0 radical (unpaired) electrons. The van der Waals surface area contributed by atoms with Gasteiger partial charge in [-0.2, -0.15) is 0 Å². The van der Waals surface area contributed by atoms with E-state index in [1.807, 2.05) is 4.90 Å². The van der Waals surface area contributed by atoms with Crippen LogP contribution in [0.5, 0.6) is 0 Å². The highest BCUT2D eigenvalue weighted by atomic mass is 16.5. The molecule has 1 unspecified atom stereocenters. The quantitative estimate of drug-likeness (QED) is 0.558. The standard InChI is InChI=1S/C16H31NO2/c1-3-4-5-6-7-8-9-10-11-12-16-17(15(2)18)13-14-19-16/h16H,3-14H2,1-2H3. The first-order chi connectivity index (χ1) is 9.25. The minimum Gasteiger partial charge on any atom is -0.356 e. The lowest BCUT2D eigenvalue weighted by Crippen LogP contribution is -2.34. The fourth-order valence-corrected chi connectivity index (χ4v) is 2.75. The summed E-state index contributed by atoms with van der Waals surface area (Å²) >= 11 is 0. The molecule has 0 N–H and O–H groups in total. The molecular formula is C16H31NO2. The van der Waals surface area contributed by atoms with Gasteiger partial charge in [-0.05, 0) is 12.8 Å². The zero-order chi connectivity index (χ0) is 13.9. The van der Waals surface area contributed by atoms with Crippen LogP contribution in [-0.2, 0) is 9.53 Å². The summed E-state index contributed by atoms with van der Waals surface area (Å²) in [5.41, 5.74) is 0. The van der Waals surface area contributed by atoms with Gasteiger partial charge in [0.2, 0.25) is 5.91 Å². The summed E-state index contributed by atoms with van der Waals surface area (Å²) in [6.45, 7) is 5.38. The van der Waals surface area contributed by atoms with Crippen molar-refractivity contribution in [2.24, 2.45) is 0 Å². The normalized spacial score (nSPS) is 19.1. The van der Waals surface area contributed by atoms with E-state index in [-0.39, 0.29) is 12.1 Å². The second kappa shape index (κ2) is 10.2. The smallest absolute Gasteiger partial charge is 0.221 e. The molecule has 0 bridgehead atoms. The van der Waals surface area contributed by atoms with Crippen molar-refractivity contribution >= 4 is 5.91 Å². The van der Waals surface area contributed by atoms with Crippen molar-refractivity contribution in [1.82, 2.24) is 4.90 Å². The van der Waals surface area contributed by atoms with Gasteiger partial charge in [0, 0.05) is 13.5 Å². The van der Waals surface area contributed by atoms with Gasteiger partial charge < -0.3 is 9.64 Å². The maximum Gasteiger partial charge on any atom is 0.221 e. The van der Waals surface area contributed by atoms with Gasteiger partial charge in [0.15, 0.2) is 0 Å². The number of unbranched alkanes of at least 4 members (excludes halogenated alkanes) is 8. The molecule has 1 aliphatic heterocycles. The molecule has 1 fully saturated rings. The molecule has 1 aliphatic rings. The van der Waals surface area contributed by atoms with E-state index in [0.717, 1.165) is 13.0 Å². The molecule has 3 heteroatoms. The third-order valence-corrected chi connectivity index (χ3v) is 3.95. The highest BCUT2D eigenvalue weighted by Crippen LogP contribution is 2.18. The first-order valence-corrected chi connectivity index (χ1v) is 8.14. The average Bonchev–Trinajstić information content (AvgIpc) is 2.85. The van der Waals surface area contributed by atoms with Crippen molar-refractivity contribution in [2.45, 2.75) is 84.3 Å². The highest BCUT2D eigenvalue weighted by molar-refractivity contribution is 5.73. The lowest BCUT2D eigenvalue weighted by molar-refractivity contribution is -0.133. The van der Waals surface area contributed by atoms with Crippen molar-refractivity contribution in [3.05, 3.63) is 0 Å². The maximum atomic E-state index is 11.4. The van der Waals surface area contributed by atoms with Crippen molar-refractivity contribution in [1.29, 1.82) is 0 Å². The fraction of sp³-hybridized carbons (Fsp3) is 0.938. The van der Waals surface area contributed by atoms with Gasteiger partial charge >= 0.3 is 0 Å². The summed E-state index contributed by atoms with van der Waals surface area (Å²) < 4.78 is 5.60. The van der Waals surface area contributed by atoms with Crippen LogP contribution < -0.4 is 0 Å². The summed E-state index contributed by atoms with van der Waals surface area (Å²) in [5, 5.41) is 0. The Hall–Kier alpha value is -0.570. The number of rotatable bonds is 10. The molecule has 3 nitrogen and oxygen atoms in total. The lowest BCUT2D eigenvalue weighted by Gasteiger charge is -2.21. The molecule has 1 saturated heterocycles. The van der Waals surface area contributed by atoms with Crippen LogP contribution in [0.2, 0.25) is 0 Å². The van der Waals surface area contributed by atoms with E-state index in [2.05, 4.69) is 6.92 Å². The predicted octanol–water partition coefficient (Wildman–Crippen LogP) is 4.11. The maximum absolute atomic E-state index is 11.4. The van der Waals surface area contributed by atoms with Crippen molar-refractivity contribution in [3.63, 3.8) is 0 Å². The van der Waals surface area contributed by atoms with E-state index >= 15 is 0 Å². The van der Waals surface area contributed by atoms with Gasteiger partial charge in [-0.25, -0.2) is 0 Å². The van der Waals surface area contributed by atoms with Crippen LogP contribution in [-0.4, -0.2) is 30.2 Å². The summed E-state index contributed by atoms with van der Waals surface area (Å²) in [5.74, 6) is 0.151. The van der Waals surface area contributed by atoms with Crippen LogP contribution in [0.25, 0.3) is 0 Å². The molecule has 0 aromatic heterocycles. The molecular weight excluding hydrogens is 238 g/mol. The first-order valence-electron chi connectivity index (χ1n) is 8.14. The van der Waals surface area contributed by atoms with E-state index in [1.54, 1.807) is 6.92 Å². The Bertz CT molecular complexity index is 243. The molecule has 112 valence electrons. The number of hydrogen-bond donors (Lipinski definition) is 0.